The number of aryl methyl sites for hydroxylation is 1. The van der Waals surface area contributed by atoms with Crippen molar-refractivity contribution in [3.8, 4) is 0 Å². The van der Waals surface area contributed by atoms with Crippen molar-refractivity contribution >= 4 is 5.78 Å². The third-order valence-electron chi connectivity index (χ3n) is 2.33. The van der Waals surface area contributed by atoms with E-state index in [9.17, 15) is 13.6 Å². The first-order valence-corrected chi connectivity index (χ1v) is 5.00. The van der Waals surface area contributed by atoms with Crippen LogP contribution in [0.4, 0.5) is 8.78 Å². The average molecular weight is 233 g/mol. The van der Waals surface area contributed by atoms with Gasteiger partial charge >= 0.3 is 0 Å². The number of benzene rings is 1. The largest absolute Gasteiger partial charge is 0.288 e. The van der Waals surface area contributed by atoms with Gasteiger partial charge in [0, 0.05) is 23.5 Å². The molecule has 0 N–H and O–H groups in total. The van der Waals surface area contributed by atoms with Crippen LogP contribution in [0.2, 0.25) is 0 Å². The van der Waals surface area contributed by atoms with Crippen LogP contribution < -0.4 is 0 Å². The van der Waals surface area contributed by atoms with Gasteiger partial charge in [0.05, 0.1) is 5.56 Å². The summed E-state index contributed by atoms with van der Waals surface area (Å²) in [5.74, 6) is -2.04. The number of hydrogen-bond donors (Lipinski definition) is 0. The monoisotopic (exact) mass is 233 g/mol. The van der Waals surface area contributed by atoms with Gasteiger partial charge in [0.15, 0.2) is 5.78 Å². The summed E-state index contributed by atoms with van der Waals surface area (Å²) in [7, 11) is 0. The highest BCUT2D eigenvalue weighted by atomic mass is 19.1. The van der Waals surface area contributed by atoms with Gasteiger partial charge < -0.3 is 0 Å². The summed E-state index contributed by atoms with van der Waals surface area (Å²) in [5, 5.41) is 0. The van der Waals surface area contributed by atoms with Gasteiger partial charge in [0.25, 0.3) is 0 Å². The maximum Gasteiger partial charge on any atom is 0.196 e. The Balaban J connectivity index is 2.44. The van der Waals surface area contributed by atoms with Crippen molar-refractivity contribution in [3.63, 3.8) is 0 Å². The van der Waals surface area contributed by atoms with E-state index < -0.39 is 17.4 Å². The second-order valence-corrected chi connectivity index (χ2v) is 3.64. The van der Waals surface area contributed by atoms with E-state index in [4.69, 9.17) is 0 Å². The zero-order valence-corrected chi connectivity index (χ0v) is 9.08. The minimum absolute atomic E-state index is 0.142. The number of aromatic nitrogens is 1. The van der Waals surface area contributed by atoms with Crippen molar-refractivity contribution in [2.75, 3.05) is 0 Å². The molecule has 0 saturated carbocycles. The lowest BCUT2D eigenvalue weighted by Gasteiger charge is -2.03. The number of ketones is 1. The maximum absolute atomic E-state index is 13.4. The molecule has 0 saturated heterocycles. The molecule has 1 aromatic carbocycles. The molecule has 0 spiro atoms. The molecule has 17 heavy (non-hydrogen) atoms. The molecular formula is C13H9F2NO. The first kappa shape index (κ1) is 11.4. The van der Waals surface area contributed by atoms with Crippen molar-refractivity contribution in [1.82, 2.24) is 4.98 Å². The topological polar surface area (TPSA) is 30.0 Å². The van der Waals surface area contributed by atoms with Crippen molar-refractivity contribution in [1.29, 1.82) is 0 Å². The molecule has 0 aliphatic heterocycles. The minimum atomic E-state index is -0.857. The molecule has 0 bridgehead atoms. The lowest BCUT2D eigenvalue weighted by atomic mass is 10.0. The Morgan fingerprint density at radius 3 is 2.59 bits per heavy atom. The van der Waals surface area contributed by atoms with Crippen molar-refractivity contribution in [3.05, 3.63) is 65.0 Å². The zero-order valence-electron chi connectivity index (χ0n) is 9.08. The summed E-state index contributed by atoms with van der Waals surface area (Å²) in [6.45, 7) is 1.73. The lowest BCUT2D eigenvalue weighted by molar-refractivity contribution is 0.103. The number of carbonyl (C=O) groups is 1. The van der Waals surface area contributed by atoms with Crippen LogP contribution in [0, 0.1) is 18.6 Å². The summed E-state index contributed by atoms with van der Waals surface area (Å²) in [6.07, 6.45) is 1.48. The van der Waals surface area contributed by atoms with E-state index in [1.165, 1.54) is 12.3 Å². The number of carbonyl (C=O) groups excluding carboxylic acids is 1. The Labute approximate surface area is 96.9 Å². The highest BCUT2D eigenvalue weighted by molar-refractivity contribution is 6.09. The molecule has 86 valence electrons. The molecular weight excluding hydrogens is 224 g/mol. The van der Waals surface area contributed by atoms with E-state index in [0.29, 0.717) is 17.3 Å². The molecule has 0 amide bonds. The summed E-state index contributed by atoms with van der Waals surface area (Å²) < 4.78 is 26.1. The van der Waals surface area contributed by atoms with Crippen molar-refractivity contribution in [2.45, 2.75) is 6.92 Å². The minimum Gasteiger partial charge on any atom is -0.288 e. The quantitative estimate of drug-likeness (QED) is 0.746. The maximum atomic E-state index is 13.4. The second kappa shape index (κ2) is 4.41. The fourth-order valence-electron chi connectivity index (χ4n) is 1.52. The van der Waals surface area contributed by atoms with E-state index in [0.717, 1.165) is 12.1 Å². The normalized spacial score (nSPS) is 10.3. The molecule has 0 aliphatic carbocycles. The van der Waals surface area contributed by atoms with Gasteiger partial charge in [0.1, 0.15) is 11.6 Å². The van der Waals surface area contributed by atoms with Crippen molar-refractivity contribution in [2.24, 2.45) is 0 Å². The molecule has 2 rings (SSSR count). The zero-order chi connectivity index (χ0) is 12.4. The Hall–Kier alpha value is -2.10. The smallest absolute Gasteiger partial charge is 0.196 e. The van der Waals surface area contributed by atoms with Crippen LogP contribution in [-0.2, 0) is 0 Å². The van der Waals surface area contributed by atoms with Gasteiger partial charge in [0.2, 0.25) is 0 Å². The number of hydrogen-bond acceptors (Lipinski definition) is 2. The Morgan fingerprint density at radius 2 is 1.94 bits per heavy atom. The van der Waals surface area contributed by atoms with Crippen molar-refractivity contribution < 1.29 is 13.6 Å². The predicted molar refractivity (Wildman–Crippen MR) is 58.8 cm³/mol. The number of halogens is 2. The van der Waals surface area contributed by atoms with Gasteiger partial charge in [-0.2, -0.15) is 0 Å². The van der Waals surface area contributed by atoms with Crippen LogP contribution >= 0.6 is 0 Å². The van der Waals surface area contributed by atoms with Crippen LogP contribution in [0.5, 0.6) is 0 Å². The standard InChI is InChI=1S/C13H9F2NO/c1-8-6-9(4-5-16-8)13(17)11-3-2-10(14)7-12(11)15/h2-7H,1H3. The predicted octanol–water partition coefficient (Wildman–Crippen LogP) is 2.90. The van der Waals surface area contributed by atoms with E-state index in [-0.39, 0.29) is 5.56 Å². The Kier molecular flexibility index (Phi) is 2.95. The SMILES string of the molecule is Cc1cc(C(=O)c2ccc(F)cc2F)ccn1. The Bertz CT molecular complexity index is 581. The summed E-state index contributed by atoms with van der Waals surface area (Å²) in [6, 6.07) is 5.96. The fourth-order valence-corrected chi connectivity index (χ4v) is 1.52. The molecule has 0 fully saturated rings. The van der Waals surface area contributed by atoms with Crippen LogP contribution in [0.15, 0.2) is 36.5 Å². The molecule has 0 aliphatic rings. The van der Waals surface area contributed by atoms with Gasteiger partial charge in [-0.05, 0) is 31.2 Å². The highest BCUT2D eigenvalue weighted by Gasteiger charge is 2.14. The molecule has 1 heterocycles. The summed E-state index contributed by atoms with van der Waals surface area (Å²) in [5.41, 5.74) is 0.860. The first-order chi connectivity index (χ1) is 8.08. The molecule has 0 unspecified atom stereocenters. The van der Waals surface area contributed by atoms with E-state index in [2.05, 4.69) is 4.98 Å². The first-order valence-electron chi connectivity index (χ1n) is 5.00. The molecule has 2 aromatic rings. The van der Waals surface area contributed by atoms with E-state index in [1.807, 2.05) is 0 Å². The van der Waals surface area contributed by atoms with Gasteiger partial charge in [-0.25, -0.2) is 8.78 Å². The van der Waals surface area contributed by atoms with E-state index >= 15 is 0 Å². The Morgan fingerprint density at radius 1 is 1.18 bits per heavy atom. The third-order valence-corrected chi connectivity index (χ3v) is 2.33. The van der Waals surface area contributed by atoms with Crippen LogP contribution in [-0.4, -0.2) is 10.8 Å². The third kappa shape index (κ3) is 2.36. The van der Waals surface area contributed by atoms with Crippen LogP contribution in [0.1, 0.15) is 21.6 Å². The van der Waals surface area contributed by atoms with Gasteiger partial charge in [-0.3, -0.25) is 9.78 Å². The number of rotatable bonds is 2. The molecule has 0 atom stereocenters. The van der Waals surface area contributed by atoms with Gasteiger partial charge in [-0.1, -0.05) is 0 Å². The fraction of sp³-hybridized carbons (Fsp3) is 0.0769. The van der Waals surface area contributed by atoms with Gasteiger partial charge in [-0.15, -0.1) is 0 Å². The lowest BCUT2D eigenvalue weighted by Crippen LogP contribution is -2.05. The number of nitrogens with zero attached hydrogens (tertiary/aromatic N) is 1. The summed E-state index contributed by atoms with van der Waals surface area (Å²) >= 11 is 0. The average Bonchev–Trinajstić information content (AvgIpc) is 2.28. The van der Waals surface area contributed by atoms with E-state index in [1.54, 1.807) is 13.0 Å². The summed E-state index contributed by atoms with van der Waals surface area (Å²) in [4.78, 5) is 15.9. The highest BCUT2D eigenvalue weighted by Crippen LogP contribution is 2.15. The van der Waals surface area contributed by atoms with Crippen LogP contribution in [0.25, 0.3) is 0 Å². The molecule has 1 aromatic heterocycles. The second-order valence-electron chi connectivity index (χ2n) is 3.64. The molecule has 2 nitrogen and oxygen atoms in total. The molecule has 4 heteroatoms. The van der Waals surface area contributed by atoms with Crippen LogP contribution in [0.3, 0.4) is 0 Å². The number of pyridine rings is 1. The molecule has 0 radical (unpaired) electrons.